The van der Waals surface area contributed by atoms with Gasteiger partial charge in [0.15, 0.2) is 26.7 Å². The molecule has 0 saturated carbocycles. The summed E-state index contributed by atoms with van der Waals surface area (Å²) in [5.74, 6) is 0. The molecule has 2 atom stereocenters. The average molecular weight is 806 g/mol. The van der Waals surface area contributed by atoms with E-state index in [1.165, 1.54) is 12.1 Å². The molecule has 0 bridgehead atoms. The van der Waals surface area contributed by atoms with Crippen LogP contribution >= 0.6 is 0 Å². The van der Waals surface area contributed by atoms with Gasteiger partial charge in [-0.05, 0) is 95.6 Å². The molecule has 45 heavy (non-hydrogen) atoms. The van der Waals surface area contributed by atoms with E-state index in [0.29, 0.717) is 18.0 Å². The van der Waals surface area contributed by atoms with Crippen LogP contribution in [0.5, 0.6) is 0 Å². The van der Waals surface area contributed by atoms with Crippen LogP contribution in [0.3, 0.4) is 0 Å². The number of hydrogen-bond acceptors (Lipinski definition) is 8. The third kappa shape index (κ3) is 23.5. The molecule has 1 aromatic carbocycles. The summed E-state index contributed by atoms with van der Waals surface area (Å²) < 4.78 is 112. The van der Waals surface area contributed by atoms with Crippen molar-refractivity contribution in [3.8, 4) is 0 Å². The maximum absolute atomic E-state index is 12.6. The predicted octanol–water partition coefficient (Wildman–Crippen LogP) is 6.32. The van der Waals surface area contributed by atoms with E-state index in [0.717, 1.165) is 12.1 Å². The van der Waals surface area contributed by atoms with Crippen LogP contribution in [0.15, 0.2) is 29.2 Å². The Bertz CT molecular complexity index is 1170. The molecule has 1 rings (SSSR count). The van der Waals surface area contributed by atoms with E-state index in [4.69, 9.17) is 16.5 Å². The van der Waals surface area contributed by atoms with Gasteiger partial charge in [-0.1, -0.05) is 56.7 Å². The molecule has 9 nitrogen and oxygen atoms in total. The van der Waals surface area contributed by atoms with E-state index in [1.54, 1.807) is 0 Å². The van der Waals surface area contributed by atoms with Crippen molar-refractivity contribution >= 4 is 63.1 Å². The monoisotopic (exact) mass is 805 g/mol. The van der Waals surface area contributed by atoms with Crippen LogP contribution in [0, 0.1) is 0 Å². The molecule has 0 amide bonds. The summed E-state index contributed by atoms with van der Waals surface area (Å²) in [4.78, 5) is -0.660. The van der Waals surface area contributed by atoms with Crippen molar-refractivity contribution in [2.75, 3.05) is 0 Å². The van der Waals surface area contributed by atoms with Crippen LogP contribution in [0.25, 0.3) is 4.13 Å². The second-order valence-electron chi connectivity index (χ2n) is 11.4. The third-order valence-electron chi connectivity index (χ3n) is 4.52. The summed E-state index contributed by atoms with van der Waals surface area (Å²) in [7, 11) is -22.4. The van der Waals surface area contributed by atoms with Gasteiger partial charge in [0, 0.05) is 4.90 Å². The van der Waals surface area contributed by atoms with Crippen LogP contribution in [-0.2, 0) is 42.9 Å². The Morgan fingerprint density at radius 3 is 1.49 bits per heavy atom. The largest absolute Gasteiger partial charge is 1.00 e. The summed E-state index contributed by atoms with van der Waals surface area (Å²) in [5.41, 5.74) is -5.13. The Labute approximate surface area is 324 Å². The molecule has 0 fully saturated rings. The zero-order valence-electron chi connectivity index (χ0n) is 24.5. The van der Waals surface area contributed by atoms with Gasteiger partial charge < -0.3 is 20.6 Å². The maximum Gasteiger partial charge on any atom is 1.00 e. The Kier molecular flexibility index (Phi) is 30.5. The molecule has 0 aromatic heterocycles. The van der Waals surface area contributed by atoms with Crippen molar-refractivity contribution in [1.29, 1.82) is 0 Å². The molecule has 2 unspecified atom stereocenters. The molecule has 0 aliphatic rings. The standard InChI is InChI=1S/C19H39F3NO8S2Si5.6CH4.K/c1-34(28-37(8,9)30-35(2,3)4)29-38(10,31-36(5,6)7)16-15-17-11-13-18(14-12-17)32(24,25)23-33(26,27)19(20,21)22;;;;;;;/h11-14,34H,15-16H2,1-10H3;6*1H4;/q-1;;;;;;;+1. The van der Waals surface area contributed by atoms with E-state index >= 15 is 0 Å². The molecule has 0 N–H and O–H groups in total. The summed E-state index contributed by atoms with van der Waals surface area (Å²) in [6.07, 6.45) is 0.443. The molecular formula is C25H63F3KNO8S2Si5. The third-order valence-corrected chi connectivity index (χ3v) is 24.2. The smallest absolute Gasteiger partial charge is 0.437 e. The molecule has 0 radical (unpaired) electrons. The number of halogens is 3. The molecule has 1 aromatic rings. The Morgan fingerprint density at radius 2 is 1.13 bits per heavy atom. The molecule has 20 heteroatoms. The number of nitrogens with zero attached hydrogens (tertiary/aromatic N) is 1. The van der Waals surface area contributed by atoms with Crippen LogP contribution in [0.1, 0.15) is 50.1 Å². The summed E-state index contributed by atoms with van der Waals surface area (Å²) in [5, 5.41) is 0. The van der Waals surface area contributed by atoms with Gasteiger partial charge in [0.05, 0.1) is 0 Å². The fourth-order valence-corrected chi connectivity index (χ4v) is 26.5. The van der Waals surface area contributed by atoms with Gasteiger partial charge in [0.25, 0.3) is 0 Å². The van der Waals surface area contributed by atoms with Crippen molar-refractivity contribution in [3.63, 3.8) is 0 Å². The zero-order valence-corrected chi connectivity index (χ0v) is 34.4. The van der Waals surface area contributed by atoms with Gasteiger partial charge in [0.1, 0.15) is 10.0 Å². The van der Waals surface area contributed by atoms with Crippen LogP contribution < -0.4 is 51.4 Å². The molecule has 270 valence electrons. The number of aryl methyl sites for hydroxylation is 1. The first-order chi connectivity index (χ1) is 16.7. The number of benzene rings is 1. The Balaban J connectivity index is -0.000000413. The minimum atomic E-state index is -6.19. The maximum atomic E-state index is 12.6. The molecule has 0 aliphatic carbocycles. The predicted molar refractivity (Wildman–Crippen MR) is 194 cm³/mol. The summed E-state index contributed by atoms with van der Waals surface area (Å²) in [6.45, 7) is 20.4. The molecular weight excluding hydrogens is 743 g/mol. The van der Waals surface area contributed by atoms with Crippen LogP contribution in [-0.4, -0.2) is 65.4 Å². The van der Waals surface area contributed by atoms with E-state index < -0.39 is 73.5 Å². The normalized spacial score (nSPS) is 14.2. The second-order valence-corrected chi connectivity index (χ2v) is 33.5. The first-order valence-corrected chi connectivity index (χ1v) is 28.9. The van der Waals surface area contributed by atoms with Crippen molar-refractivity contribution < 1.29 is 97.9 Å². The van der Waals surface area contributed by atoms with Crippen molar-refractivity contribution in [1.82, 2.24) is 0 Å². The quantitative estimate of drug-likeness (QED) is 0.201. The summed E-state index contributed by atoms with van der Waals surface area (Å²) >= 11 is 0. The minimum absolute atomic E-state index is 0. The van der Waals surface area contributed by atoms with Crippen molar-refractivity contribution in [3.05, 3.63) is 34.0 Å². The number of rotatable bonds is 14. The van der Waals surface area contributed by atoms with Gasteiger partial charge >= 0.3 is 83.3 Å². The molecule has 0 spiro atoms. The first-order valence-electron chi connectivity index (χ1n) is 11.8. The number of hydrogen-bond donors (Lipinski definition) is 0. The van der Waals surface area contributed by atoms with Gasteiger partial charge in [0.2, 0.25) is 0 Å². The van der Waals surface area contributed by atoms with E-state index in [1.807, 2.05) is 26.2 Å². The summed E-state index contributed by atoms with van der Waals surface area (Å²) in [6, 6.07) is 5.39. The molecule has 0 saturated heterocycles. The second kappa shape index (κ2) is 22.3. The van der Waals surface area contributed by atoms with E-state index in [-0.39, 0.29) is 95.9 Å². The number of sulfonamides is 2. The van der Waals surface area contributed by atoms with Crippen LogP contribution in [0.4, 0.5) is 13.2 Å². The number of alkyl halides is 3. The Hall–Kier alpha value is 1.43. The molecule has 0 aliphatic heterocycles. The van der Waals surface area contributed by atoms with Gasteiger partial charge in [-0.2, -0.15) is 13.2 Å². The zero-order chi connectivity index (χ0) is 30.0. The van der Waals surface area contributed by atoms with E-state index in [2.05, 4.69) is 43.4 Å². The van der Waals surface area contributed by atoms with Gasteiger partial charge in [-0.25, -0.2) is 16.8 Å². The minimum Gasteiger partial charge on any atom is -0.437 e. The van der Waals surface area contributed by atoms with Gasteiger partial charge in [-0.3, -0.25) is 0 Å². The average Bonchev–Trinajstić information content (AvgIpc) is 2.60. The van der Waals surface area contributed by atoms with Crippen LogP contribution in [0.2, 0.25) is 71.5 Å². The SMILES string of the molecule is C.C.C.C.C.C.C[SiH](O[Si](C)(C)O[Si](C)(C)C)O[Si](C)(CCc1ccc(S(=O)(=O)[N-]S(=O)(=O)C(F)(F)F)cc1)O[Si](C)(C)C.[K+]. The van der Waals surface area contributed by atoms with E-state index in [9.17, 15) is 30.0 Å². The topological polar surface area (TPSA) is 119 Å². The van der Waals surface area contributed by atoms with Crippen molar-refractivity contribution in [2.24, 2.45) is 0 Å². The first kappa shape index (κ1) is 61.6. The van der Waals surface area contributed by atoms with Gasteiger partial charge in [-0.15, -0.1) is 0 Å². The fourth-order valence-electron chi connectivity index (χ4n) is 3.73. The Morgan fingerprint density at radius 1 is 0.733 bits per heavy atom. The fraction of sp³-hybridized carbons (Fsp3) is 0.760. The molecule has 0 heterocycles. The van der Waals surface area contributed by atoms with Crippen molar-refractivity contribution in [2.45, 2.75) is 133 Å².